The van der Waals surface area contributed by atoms with Crippen molar-refractivity contribution in [3.8, 4) is 5.75 Å². The Bertz CT molecular complexity index is 1100. The highest BCUT2D eigenvalue weighted by Gasteiger charge is 2.26. The lowest BCUT2D eigenvalue weighted by Gasteiger charge is -2.27. The molecule has 10 nitrogen and oxygen atoms in total. The normalized spacial score (nSPS) is 13.8. The summed E-state index contributed by atoms with van der Waals surface area (Å²) in [6.07, 6.45) is 3.16. The summed E-state index contributed by atoms with van der Waals surface area (Å²) in [6.45, 7) is 6.54. The summed E-state index contributed by atoms with van der Waals surface area (Å²) in [7, 11) is 0. The van der Waals surface area contributed by atoms with Gasteiger partial charge in [-0.2, -0.15) is 10.2 Å². The molecule has 0 unspecified atom stereocenters. The number of hydrogen-bond acceptors (Lipinski definition) is 6. The van der Waals surface area contributed by atoms with E-state index < -0.39 is 5.91 Å². The van der Waals surface area contributed by atoms with Gasteiger partial charge in [0.15, 0.2) is 12.4 Å². The molecule has 4 rings (SSSR count). The van der Waals surface area contributed by atoms with Crippen LogP contribution in [0.1, 0.15) is 33.5 Å². The molecule has 3 aromatic rings. The maximum Gasteiger partial charge on any atom is 0.276 e. The third-order valence-electron chi connectivity index (χ3n) is 5.21. The Morgan fingerprint density at radius 1 is 1.19 bits per heavy atom. The molecule has 3 heterocycles. The van der Waals surface area contributed by atoms with Crippen molar-refractivity contribution in [3.05, 3.63) is 59.7 Å². The molecule has 1 N–H and O–H groups in total. The average Bonchev–Trinajstić information content (AvgIpc) is 3.45. The van der Waals surface area contributed by atoms with E-state index in [4.69, 9.17) is 9.47 Å². The third-order valence-corrected chi connectivity index (χ3v) is 5.21. The van der Waals surface area contributed by atoms with Gasteiger partial charge in [0.05, 0.1) is 25.1 Å². The van der Waals surface area contributed by atoms with E-state index in [2.05, 4.69) is 15.5 Å². The van der Waals surface area contributed by atoms with Gasteiger partial charge in [-0.3, -0.25) is 14.3 Å². The molecule has 32 heavy (non-hydrogen) atoms. The zero-order chi connectivity index (χ0) is 22.5. The number of rotatable bonds is 7. The predicted molar refractivity (Wildman–Crippen MR) is 117 cm³/mol. The largest absolute Gasteiger partial charge is 0.471 e. The van der Waals surface area contributed by atoms with Crippen molar-refractivity contribution < 1.29 is 19.1 Å². The van der Waals surface area contributed by atoms with Gasteiger partial charge in [-0.05, 0) is 31.5 Å². The number of carbonyl (C=O) groups is 2. The molecule has 1 aliphatic rings. The number of amides is 2. The van der Waals surface area contributed by atoms with E-state index >= 15 is 0 Å². The Hall–Kier alpha value is -3.66. The monoisotopic (exact) mass is 438 g/mol. The van der Waals surface area contributed by atoms with Crippen LogP contribution in [0.2, 0.25) is 0 Å². The highest BCUT2D eigenvalue weighted by molar-refractivity contribution is 6.07. The fourth-order valence-corrected chi connectivity index (χ4v) is 3.45. The number of para-hydroxylation sites is 1. The second-order valence-corrected chi connectivity index (χ2v) is 7.36. The summed E-state index contributed by atoms with van der Waals surface area (Å²) < 4.78 is 14.2. The smallest absolute Gasteiger partial charge is 0.276 e. The Morgan fingerprint density at radius 2 is 1.97 bits per heavy atom. The molecule has 0 saturated carbocycles. The molecular formula is C22H26N6O4. The van der Waals surface area contributed by atoms with Gasteiger partial charge in [-0.25, -0.2) is 4.68 Å². The molecule has 0 spiro atoms. The van der Waals surface area contributed by atoms with E-state index in [0.29, 0.717) is 44.2 Å². The first-order valence-electron chi connectivity index (χ1n) is 10.5. The Morgan fingerprint density at radius 3 is 2.72 bits per heavy atom. The molecular weight excluding hydrogens is 412 g/mol. The number of nitrogens with one attached hydrogen (secondary N) is 1. The minimum Gasteiger partial charge on any atom is -0.471 e. The van der Waals surface area contributed by atoms with Gasteiger partial charge in [0.1, 0.15) is 11.4 Å². The maximum atomic E-state index is 13.1. The summed E-state index contributed by atoms with van der Waals surface area (Å²) >= 11 is 0. The van der Waals surface area contributed by atoms with Gasteiger partial charge >= 0.3 is 0 Å². The quantitative estimate of drug-likeness (QED) is 0.606. The molecule has 1 aliphatic heterocycles. The molecule has 0 radical (unpaired) electrons. The fourth-order valence-electron chi connectivity index (χ4n) is 3.45. The van der Waals surface area contributed by atoms with Crippen LogP contribution < -0.4 is 10.1 Å². The molecule has 2 aromatic heterocycles. The number of anilines is 1. The molecule has 0 aliphatic carbocycles. The number of hydrogen-bond donors (Lipinski definition) is 1. The van der Waals surface area contributed by atoms with E-state index in [-0.39, 0.29) is 18.3 Å². The summed E-state index contributed by atoms with van der Waals surface area (Å²) in [5.74, 6) is 0.152. The number of aromatic nitrogens is 4. The van der Waals surface area contributed by atoms with Crippen LogP contribution >= 0.6 is 0 Å². The van der Waals surface area contributed by atoms with Gasteiger partial charge in [0.25, 0.3) is 11.8 Å². The number of benzene rings is 1. The van der Waals surface area contributed by atoms with Gasteiger partial charge in [-0.15, -0.1) is 0 Å². The van der Waals surface area contributed by atoms with Crippen LogP contribution in [-0.2, 0) is 18.0 Å². The van der Waals surface area contributed by atoms with Gasteiger partial charge in [0, 0.05) is 25.8 Å². The third kappa shape index (κ3) is 4.65. The number of aryl methyl sites for hydroxylation is 2. The van der Waals surface area contributed by atoms with E-state index in [9.17, 15) is 9.59 Å². The number of nitrogens with zero attached hydrogens (tertiary/aromatic N) is 5. The predicted octanol–water partition coefficient (Wildman–Crippen LogP) is 2.17. The summed E-state index contributed by atoms with van der Waals surface area (Å²) in [5.41, 5.74) is 1.94. The summed E-state index contributed by atoms with van der Waals surface area (Å²) in [4.78, 5) is 27.6. The maximum absolute atomic E-state index is 13.1. The Balaban J connectivity index is 1.45. The van der Waals surface area contributed by atoms with Crippen LogP contribution in [0, 0.1) is 6.92 Å². The lowest BCUT2D eigenvalue weighted by atomic mass is 10.2. The number of morpholine rings is 1. The first kappa shape index (κ1) is 21.6. The molecule has 1 fully saturated rings. The molecule has 10 heteroatoms. The minimum atomic E-state index is -0.425. The number of carbonyl (C=O) groups excluding carboxylic acids is 2. The molecule has 0 atom stereocenters. The summed E-state index contributed by atoms with van der Waals surface area (Å²) in [5, 5.41) is 11.3. The highest BCUT2D eigenvalue weighted by Crippen LogP contribution is 2.20. The Kier molecular flexibility index (Phi) is 6.50. The van der Waals surface area contributed by atoms with Crippen molar-refractivity contribution >= 4 is 17.5 Å². The standard InChI is InChI=1S/C22H26N6O4/c1-3-28-20(22(30)26-10-12-31-13-11-26)18(14-23-28)24-21(29)17-8-9-27(25-17)15-32-19-7-5-4-6-16(19)2/h4-9,14H,3,10-13,15H2,1-2H3,(H,24,29). The fraction of sp³-hybridized carbons (Fsp3) is 0.364. The van der Waals surface area contributed by atoms with Gasteiger partial charge in [0.2, 0.25) is 0 Å². The van der Waals surface area contributed by atoms with Crippen molar-refractivity contribution in [1.29, 1.82) is 0 Å². The van der Waals surface area contributed by atoms with Gasteiger partial charge in [-0.1, -0.05) is 18.2 Å². The lowest BCUT2D eigenvalue weighted by Crippen LogP contribution is -2.41. The van der Waals surface area contributed by atoms with Crippen LogP contribution in [0.5, 0.6) is 5.75 Å². The van der Waals surface area contributed by atoms with Crippen molar-refractivity contribution in [2.45, 2.75) is 27.1 Å². The molecule has 0 bridgehead atoms. The van der Waals surface area contributed by atoms with Crippen molar-refractivity contribution in [2.75, 3.05) is 31.6 Å². The van der Waals surface area contributed by atoms with Gasteiger partial charge < -0.3 is 19.7 Å². The number of ether oxygens (including phenoxy) is 2. The van der Waals surface area contributed by atoms with Crippen LogP contribution in [0.4, 0.5) is 5.69 Å². The SMILES string of the molecule is CCn1ncc(NC(=O)c2ccn(COc3ccccc3C)n2)c1C(=O)N1CCOCC1. The zero-order valence-corrected chi connectivity index (χ0v) is 18.2. The van der Waals surface area contributed by atoms with Crippen LogP contribution in [0.15, 0.2) is 42.7 Å². The van der Waals surface area contributed by atoms with E-state index in [1.807, 2.05) is 38.1 Å². The molecule has 2 amide bonds. The topological polar surface area (TPSA) is 104 Å². The average molecular weight is 438 g/mol. The molecule has 1 saturated heterocycles. The lowest BCUT2D eigenvalue weighted by molar-refractivity contribution is 0.0295. The first-order chi connectivity index (χ1) is 15.6. The second-order valence-electron chi connectivity index (χ2n) is 7.36. The van der Waals surface area contributed by atoms with Crippen LogP contribution in [0.25, 0.3) is 0 Å². The van der Waals surface area contributed by atoms with Crippen molar-refractivity contribution in [2.24, 2.45) is 0 Å². The van der Waals surface area contributed by atoms with Crippen LogP contribution in [-0.4, -0.2) is 62.6 Å². The minimum absolute atomic E-state index is 0.173. The Labute approximate surface area is 185 Å². The van der Waals surface area contributed by atoms with E-state index in [1.54, 1.807) is 21.8 Å². The second kappa shape index (κ2) is 9.65. The van der Waals surface area contributed by atoms with Crippen molar-refractivity contribution in [1.82, 2.24) is 24.5 Å². The van der Waals surface area contributed by atoms with Crippen molar-refractivity contribution in [3.63, 3.8) is 0 Å². The molecule has 168 valence electrons. The molecule has 1 aromatic carbocycles. The summed E-state index contributed by atoms with van der Waals surface area (Å²) in [6, 6.07) is 9.28. The van der Waals surface area contributed by atoms with E-state index in [1.165, 1.54) is 10.9 Å². The first-order valence-corrected chi connectivity index (χ1v) is 10.5. The highest BCUT2D eigenvalue weighted by atomic mass is 16.5. The van der Waals surface area contributed by atoms with Crippen LogP contribution in [0.3, 0.4) is 0 Å². The van der Waals surface area contributed by atoms with E-state index in [0.717, 1.165) is 11.3 Å². The zero-order valence-electron chi connectivity index (χ0n) is 18.2.